The molecule has 3 N–H and O–H groups in total. The Hall–Kier alpha value is -1.59. The predicted octanol–water partition coefficient (Wildman–Crippen LogP) is 2.33. The van der Waals surface area contributed by atoms with Gasteiger partial charge in [0.05, 0.1) is 13.2 Å². The zero-order valence-electron chi connectivity index (χ0n) is 12.3. The van der Waals surface area contributed by atoms with Crippen molar-refractivity contribution in [1.82, 2.24) is 0 Å². The van der Waals surface area contributed by atoms with Crippen molar-refractivity contribution >= 4 is 17.2 Å². The standard InChI is InChI=1S/C15H24N2O3/c1-12(18)14-11-13(5-6-15(14)16)17-7-3-4-8-20-10-9-19-2/h5-6,11,17H,3-4,7-10,16H2,1-2H3. The number of carbonyl (C=O) groups excluding carboxylic acids is 1. The van der Waals surface area contributed by atoms with Gasteiger partial charge in [0.2, 0.25) is 0 Å². The van der Waals surface area contributed by atoms with E-state index >= 15 is 0 Å². The SMILES string of the molecule is COCCOCCCCNc1ccc(N)c(C(C)=O)c1. The Morgan fingerprint density at radius 3 is 2.75 bits per heavy atom. The van der Waals surface area contributed by atoms with Gasteiger partial charge in [-0.2, -0.15) is 0 Å². The van der Waals surface area contributed by atoms with Gasteiger partial charge in [-0.1, -0.05) is 0 Å². The molecule has 0 bridgehead atoms. The van der Waals surface area contributed by atoms with E-state index in [2.05, 4.69) is 5.32 Å². The monoisotopic (exact) mass is 280 g/mol. The zero-order chi connectivity index (χ0) is 14.8. The molecule has 0 unspecified atom stereocenters. The van der Waals surface area contributed by atoms with Crippen LogP contribution in [0, 0.1) is 0 Å². The van der Waals surface area contributed by atoms with E-state index in [9.17, 15) is 4.79 Å². The number of rotatable bonds is 10. The highest BCUT2D eigenvalue weighted by Gasteiger charge is 2.05. The molecular formula is C15H24N2O3. The van der Waals surface area contributed by atoms with Gasteiger partial charge in [0, 0.05) is 37.2 Å². The van der Waals surface area contributed by atoms with Gasteiger partial charge in [0.1, 0.15) is 0 Å². The van der Waals surface area contributed by atoms with Crippen LogP contribution in [0.25, 0.3) is 0 Å². The van der Waals surface area contributed by atoms with Gasteiger partial charge in [-0.15, -0.1) is 0 Å². The summed E-state index contributed by atoms with van der Waals surface area (Å²) < 4.78 is 10.3. The highest BCUT2D eigenvalue weighted by atomic mass is 16.5. The lowest BCUT2D eigenvalue weighted by atomic mass is 10.1. The van der Waals surface area contributed by atoms with Gasteiger partial charge in [-0.05, 0) is 38.0 Å². The average molecular weight is 280 g/mol. The van der Waals surface area contributed by atoms with Crippen molar-refractivity contribution in [3.63, 3.8) is 0 Å². The lowest BCUT2D eigenvalue weighted by molar-refractivity contribution is 0.0691. The van der Waals surface area contributed by atoms with Gasteiger partial charge in [0.25, 0.3) is 0 Å². The summed E-state index contributed by atoms with van der Waals surface area (Å²) in [7, 11) is 1.66. The Balaban J connectivity index is 2.22. The first-order chi connectivity index (χ1) is 9.65. The van der Waals surface area contributed by atoms with Crippen molar-refractivity contribution in [2.45, 2.75) is 19.8 Å². The van der Waals surface area contributed by atoms with Crippen LogP contribution in [0.2, 0.25) is 0 Å². The Kier molecular flexibility index (Phi) is 7.69. The molecule has 0 spiro atoms. The van der Waals surface area contributed by atoms with Gasteiger partial charge in [-0.3, -0.25) is 4.79 Å². The molecule has 5 nitrogen and oxygen atoms in total. The number of benzene rings is 1. The fourth-order valence-corrected chi connectivity index (χ4v) is 1.78. The fraction of sp³-hybridized carbons (Fsp3) is 0.533. The summed E-state index contributed by atoms with van der Waals surface area (Å²) in [5.74, 6) is -0.0160. The minimum absolute atomic E-state index is 0.0160. The number of nitrogens with one attached hydrogen (secondary N) is 1. The minimum Gasteiger partial charge on any atom is -0.398 e. The maximum Gasteiger partial charge on any atom is 0.161 e. The van der Waals surface area contributed by atoms with Gasteiger partial charge >= 0.3 is 0 Å². The molecular weight excluding hydrogens is 256 g/mol. The highest BCUT2D eigenvalue weighted by molar-refractivity contribution is 5.99. The molecule has 0 fully saturated rings. The number of hydrogen-bond acceptors (Lipinski definition) is 5. The van der Waals surface area contributed by atoms with Crippen LogP contribution in [0.4, 0.5) is 11.4 Å². The smallest absolute Gasteiger partial charge is 0.161 e. The number of nitrogen functional groups attached to an aromatic ring is 1. The number of unbranched alkanes of at least 4 members (excludes halogenated alkanes) is 1. The van der Waals surface area contributed by atoms with Gasteiger partial charge < -0.3 is 20.5 Å². The molecule has 20 heavy (non-hydrogen) atoms. The molecule has 0 aromatic heterocycles. The number of anilines is 2. The van der Waals surface area contributed by atoms with E-state index in [1.54, 1.807) is 19.2 Å². The van der Waals surface area contributed by atoms with Crippen molar-refractivity contribution < 1.29 is 14.3 Å². The molecule has 0 atom stereocenters. The third-order valence-electron chi connectivity index (χ3n) is 2.91. The van der Waals surface area contributed by atoms with E-state index in [-0.39, 0.29) is 5.78 Å². The summed E-state index contributed by atoms with van der Waals surface area (Å²) in [6.45, 7) is 4.38. The normalized spacial score (nSPS) is 10.5. The Labute approximate surface area is 120 Å². The first-order valence-electron chi connectivity index (χ1n) is 6.86. The minimum atomic E-state index is -0.0160. The van der Waals surface area contributed by atoms with Crippen LogP contribution >= 0.6 is 0 Å². The number of hydrogen-bond donors (Lipinski definition) is 2. The van der Waals surface area contributed by atoms with E-state index in [4.69, 9.17) is 15.2 Å². The molecule has 5 heteroatoms. The average Bonchev–Trinajstić information content (AvgIpc) is 2.43. The molecule has 0 aliphatic rings. The largest absolute Gasteiger partial charge is 0.398 e. The third kappa shape index (κ3) is 6.04. The maximum atomic E-state index is 11.4. The van der Waals surface area contributed by atoms with E-state index in [0.29, 0.717) is 24.5 Å². The third-order valence-corrected chi connectivity index (χ3v) is 2.91. The molecule has 1 rings (SSSR count). The second kappa shape index (κ2) is 9.34. The number of carbonyl (C=O) groups is 1. The lowest BCUT2D eigenvalue weighted by Gasteiger charge is -2.09. The molecule has 1 aromatic carbocycles. The van der Waals surface area contributed by atoms with Crippen molar-refractivity contribution in [1.29, 1.82) is 0 Å². The first-order valence-corrected chi connectivity index (χ1v) is 6.86. The van der Waals surface area contributed by atoms with Crippen LogP contribution in [-0.2, 0) is 9.47 Å². The highest BCUT2D eigenvalue weighted by Crippen LogP contribution is 2.18. The van der Waals surface area contributed by atoms with Crippen molar-refractivity contribution in [2.75, 3.05) is 44.5 Å². The van der Waals surface area contributed by atoms with E-state index in [1.165, 1.54) is 6.92 Å². The predicted molar refractivity (Wildman–Crippen MR) is 81.3 cm³/mol. The van der Waals surface area contributed by atoms with Crippen LogP contribution in [0.5, 0.6) is 0 Å². The summed E-state index contributed by atoms with van der Waals surface area (Å²) in [4.78, 5) is 11.4. The van der Waals surface area contributed by atoms with E-state index in [1.807, 2.05) is 6.07 Å². The van der Waals surface area contributed by atoms with Crippen LogP contribution in [0.1, 0.15) is 30.1 Å². The van der Waals surface area contributed by atoms with Gasteiger partial charge in [0.15, 0.2) is 5.78 Å². The molecule has 0 aliphatic carbocycles. The number of ether oxygens (including phenoxy) is 2. The van der Waals surface area contributed by atoms with E-state index < -0.39 is 0 Å². The van der Waals surface area contributed by atoms with Crippen molar-refractivity contribution in [3.8, 4) is 0 Å². The molecule has 112 valence electrons. The first kappa shape index (κ1) is 16.5. The second-order valence-corrected chi connectivity index (χ2v) is 4.60. The zero-order valence-corrected chi connectivity index (χ0v) is 12.3. The molecule has 1 aromatic rings. The molecule has 0 radical (unpaired) electrons. The number of ketones is 1. The molecule has 0 saturated carbocycles. The van der Waals surface area contributed by atoms with Crippen LogP contribution in [0.15, 0.2) is 18.2 Å². The van der Waals surface area contributed by atoms with Gasteiger partial charge in [-0.25, -0.2) is 0 Å². The van der Waals surface area contributed by atoms with Crippen LogP contribution in [0.3, 0.4) is 0 Å². The summed E-state index contributed by atoms with van der Waals surface area (Å²) >= 11 is 0. The number of methoxy groups -OCH3 is 1. The summed E-state index contributed by atoms with van der Waals surface area (Å²) in [5.41, 5.74) is 7.76. The number of nitrogens with two attached hydrogens (primary N) is 1. The molecule has 0 saturated heterocycles. The quantitative estimate of drug-likeness (QED) is 0.391. The molecule has 0 aliphatic heterocycles. The van der Waals surface area contributed by atoms with Crippen LogP contribution in [-0.4, -0.2) is 39.3 Å². The lowest BCUT2D eigenvalue weighted by Crippen LogP contribution is -2.07. The van der Waals surface area contributed by atoms with E-state index in [0.717, 1.165) is 31.7 Å². The number of Topliss-reactive ketones (excluding diaryl/α,β-unsaturated/α-hetero) is 1. The summed E-state index contributed by atoms with van der Waals surface area (Å²) in [5, 5.41) is 3.28. The second-order valence-electron chi connectivity index (χ2n) is 4.60. The van der Waals surface area contributed by atoms with Crippen molar-refractivity contribution in [2.24, 2.45) is 0 Å². The Morgan fingerprint density at radius 1 is 1.25 bits per heavy atom. The Morgan fingerprint density at radius 2 is 2.05 bits per heavy atom. The summed E-state index contributed by atoms with van der Waals surface area (Å²) in [6, 6.07) is 5.44. The Bertz CT molecular complexity index is 422. The topological polar surface area (TPSA) is 73.6 Å². The van der Waals surface area contributed by atoms with Crippen LogP contribution < -0.4 is 11.1 Å². The van der Waals surface area contributed by atoms with Crippen molar-refractivity contribution in [3.05, 3.63) is 23.8 Å². The summed E-state index contributed by atoms with van der Waals surface area (Å²) in [6.07, 6.45) is 2.00. The fourth-order valence-electron chi connectivity index (χ4n) is 1.78. The molecule has 0 amide bonds. The molecule has 0 heterocycles. The maximum absolute atomic E-state index is 11.4.